The molecule has 0 unspecified atom stereocenters. The van der Waals surface area contributed by atoms with Crippen LogP contribution in [0.5, 0.6) is 0 Å². The van der Waals surface area contributed by atoms with Gasteiger partial charge in [-0.05, 0) is 30.3 Å². The Bertz CT molecular complexity index is 988. The van der Waals surface area contributed by atoms with Crippen molar-refractivity contribution in [3.05, 3.63) is 54.5 Å². The molecule has 0 amide bonds. The molecule has 0 fully saturated rings. The van der Waals surface area contributed by atoms with Gasteiger partial charge in [-0.2, -0.15) is 0 Å². The Hall–Kier alpha value is -2.95. The lowest BCUT2D eigenvalue weighted by atomic mass is 10.1. The zero-order valence-electron chi connectivity index (χ0n) is 10.3. The first-order valence-corrected chi connectivity index (χ1v) is 6.11. The van der Waals surface area contributed by atoms with E-state index < -0.39 is 5.97 Å². The lowest BCUT2D eigenvalue weighted by Gasteiger charge is -2.02. The van der Waals surface area contributed by atoms with Crippen molar-refractivity contribution in [1.29, 1.82) is 0 Å². The Balaban J connectivity index is 2.20. The second kappa shape index (κ2) is 3.77. The summed E-state index contributed by atoms with van der Waals surface area (Å²) in [6, 6.07) is 8.86. The van der Waals surface area contributed by atoms with Crippen LogP contribution in [0.3, 0.4) is 0 Å². The molecule has 96 valence electrons. The number of benzene rings is 1. The molecule has 0 radical (unpaired) electrons. The molecule has 4 rings (SSSR count). The maximum Gasteiger partial charge on any atom is 0.335 e. The molecule has 5 nitrogen and oxygen atoms in total. The highest BCUT2D eigenvalue weighted by atomic mass is 16.4. The van der Waals surface area contributed by atoms with E-state index >= 15 is 0 Å². The predicted octanol–water partition coefficient (Wildman–Crippen LogP) is 2.73. The van der Waals surface area contributed by atoms with Crippen LogP contribution in [0.2, 0.25) is 0 Å². The van der Waals surface area contributed by atoms with Crippen LogP contribution in [0.4, 0.5) is 0 Å². The number of carbonyl (C=O) groups is 1. The summed E-state index contributed by atoms with van der Waals surface area (Å²) in [4.78, 5) is 19.6. The Kier molecular flexibility index (Phi) is 2.06. The highest BCUT2D eigenvalue weighted by molar-refractivity contribution is 5.97. The quantitative estimate of drug-likeness (QED) is 0.573. The largest absolute Gasteiger partial charge is 0.478 e. The molecule has 0 aliphatic heterocycles. The van der Waals surface area contributed by atoms with Crippen molar-refractivity contribution in [2.24, 2.45) is 0 Å². The number of aromatic carboxylic acids is 1. The molecule has 5 heteroatoms. The van der Waals surface area contributed by atoms with Gasteiger partial charge in [-0.1, -0.05) is 0 Å². The zero-order chi connectivity index (χ0) is 13.7. The highest BCUT2D eigenvalue weighted by Gasteiger charge is 2.10. The average molecular weight is 263 g/mol. The van der Waals surface area contributed by atoms with Crippen molar-refractivity contribution in [2.45, 2.75) is 0 Å². The van der Waals surface area contributed by atoms with Gasteiger partial charge in [0, 0.05) is 23.2 Å². The van der Waals surface area contributed by atoms with Gasteiger partial charge in [0.25, 0.3) is 0 Å². The van der Waals surface area contributed by atoms with Crippen LogP contribution < -0.4 is 0 Å². The van der Waals surface area contributed by atoms with Crippen LogP contribution in [0.25, 0.3) is 27.5 Å². The molecule has 0 aliphatic rings. The summed E-state index contributed by atoms with van der Waals surface area (Å²) in [5.74, 6) is -0.929. The molecule has 0 bridgehead atoms. The minimum absolute atomic E-state index is 0.274. The van der Waals surface area contributed by atoms with Crippen LogP contribution in [-0.4, -0.2) is 25.4 Å². The van der Waals surface area contributed by atoms with E-state index in [-0.39, 0.29) is 5.56 Å². The molecule has 0 spiro atoms. The molecule has 1 N–H and O–H groups in total. The molecule has 0 saturated heterocycles. The highest BCUT2D eigenvalue weighted by Crippen LogP contribution is 2.24. The first-order valence-electron chi connectivity index (χ1n) is 6.11. The van der Waals surface area contributed by atoms with Crippen LogP contribution in [0.15, 0.2) is 48.9 Å². The van der Waals surface area contributed by atoms with Crippen molar-refractivity contribution in [1.82, 2.24) is 14.4 Å². The van der Waals surface area contributed by atoms with E-state index in [1.54, 1.807) is 36.8 Å². The summed E-state index contributed by atoms with van der Waals surface area (Å²) in [6.45, 7) is 0. The smallest absolute Gasteiger partial charge is 0.335 e. The molecule has 3 aromatic heterocycles. The van der Waals surface area contributed by atoms with Gasteiger partial charge in [-0.25, -0.2) is 9.78 Å². The normalized spacial score (nSPS) is 11.4. The van der Waals surface area contributed by atoms with E-state index in [0.717, 1.165) is 27.5 Å². The summed E-state index contributed by atoms with van der Waals surface area (Å²) >= 11 is 0. The minimum atomic E-state index is -0.929. The molecule has 1 aromatic carbocycles. The third-order valence-electron chi connectivity index (χ3n) is 3.44. The Labute approximate surface area is 113 Å². The van der Waals surface area contributed by atoms with E-state index in [4.69, 9.17) is 5.11 Å². The number of pyridine rings is 1. The van der Waals surface area contributed by atoms with E-state index in [1.165, 1.54) is 0 Å². The average Bonchev–Trinajstić information content (AvgIpc) is 2.85. The fourth-order valence-electron chi connectivity index (χ4n) is 2.51. The van der Waals surface area contributed by atoms with Gasteiger partial charge in [-0.3, -0.25) is 9.38 Å². The second-order valence-electron chi connectivity index (χ2n) is 4.61. The van der Waals surface area contributed by atoms with Gasteiger partial charge in [0.1, 0.15) is 5.65 Å². The summed E-state index contributed by atoms with van der Waals surface area (Å²) in [5, 5.41) is 10.9. The standard InChI is InChI=1S/C15H9N3O2/c19-15(20)9-1-2-12-11(5-9)6-14-17-7-10-3-4-16-8-13(10)18(12)14/h1-8H,(H,19,20). The lowest BCUT2D eigenvalue weighted by molar-refractivity contribution is 0.0697. The van der Waals surface area contributed by atoms with Crippen molar-refractivity contribution >= 4 is 33.4 Å². The zero-order valence-corrected chi connectivity index (χ0v) is 10.3. The van der Waals surface area contributed by atoms with Gasteiger partial charge < -0.3 is 5.11 Å². The maximum atomic E-state index is 11.0. The van der Waals surface area contributed by atoms with Gasteiger partial charge in [0.05, 0.1) is 22.8 Å². The van der Waals surface area contributed by atoms with Gasteiger partial charge in [0.15, 0.2) is 0 Å². The maximum absolute atomic E-state index is 11.0. The van der Waals surface area contributed by atoms with Crippen molar-refractivity contribution in [3.8, 4) is 0 Å². The summed E-state index contributed by atoms with van der Waals surface area (Å²) in [6.07, 6.45) is 5.31. The van der Waals surface area contributed by atoms with E-state index in [9.17, 15) is 4.79 Å². The summed E-state index contributed by atoms with van der Waals surface area (Å²) in [7, 11) is 0. The number of aromatic nitrogens is 3. The van der Waals surface area contributed by atoms with Crippen molar-refractivity contribution in [3.63, 3.8) is 0 Å². The molecule has 20 heavy (non-hydrogen) atoms. The van der Waals surface area contributed by atoms with Crippen LogP contribution in [-0.2, 0) is 0 Å². The number of nitrogens with zero attached hydrogens (tertiary/aromatic N) is 3. The number of carboxylic acids is 1. The Morgan fingerprint density at radius 3 is 2.80 bits per heavy atom. The monoisotopic (exact) mass is 263 g/mol. The molecule has 0 aliphatic carbocycles. The van der Waals surface area contributed by atoms with E-state index in [1.807, 2.05) is 16.5 Å². The first-order chi connectivity index (χ1) is 9.74. The third-order valence-corrected chi connectivity index (χ3v) is 3.44. The first kappa shape index (κ1) is 10.9. The van der Waals surface area contributed by atoms with Gasteiger partial charge in [0.2, 0.25) is 0 Å². The third kappa shape index (κ3) is 1.40. The summed E-state index contributed by atoms with van der Waals surface area (Å²) in [5.41, 5.74) is 2.94. The van der Waals surface area contributed by atoms with Crippen molar-refractivity contribution in [2.75, 3.05) is 0 Å². The SMILES string of the molecule is O=C(O)c1ccc2c(c1)cc1ncc3ccncc3n12. The van der Waals surface area contributed by atoms with Crippen LogP contribution >= 0.6 is 0 Å². The number of hydrogen-bond donors (Lipinski definition) is 1. The van der Waals surface area contributed by atoms with Gasteiger partial charge in [-0.15, -0.1) is 0 Å². The van der Waals surface area contributed by atoms with Crippen LogP contribution in [0, 0.1) is 0 Å². The fourth-order valence-corrected chi connectivity index (χ4v) is 2.51. The Morgan fingerprint density at radius 1 is 1.05 bits per heavy atom. The second-order valence-corrected chi connectivity index (χ2v) is 4.61. The minimum Gasteiger partial charge on any atom is -0.478 e. The number of fused-ring (bicyclic) bond motifs is 5. The number of carboxylic acid groups (broad SMARTS) is 1. The fraction of sp³-hybridized carbons (Fsp3) is 0. The lowest BCUT2D eigenvalue weighted by Crippen LogP contribution is -1.95. The molecule has 0 saturated carbocycles. The molecule has 0 atom stereocenters. The van der Waals surface area contributed by atoms with E-state index in [2.05, 4.69) is 9.97 Å². The van der Waals surface area contributed by atoms with E-state index in [0.29, 0.717) is 0 Å². The summed E-state index contributed by atoms with van der Waals surface area (Å²) < 4.78 is 1.99. The molecule has 3 heterocycles. The molecule has 4 aromatic rings. The Morgan fingerprint density at radius 2 is 1.95 bits per heavy atom. The number of rotatable bonds is 1. The van der Waals surface area contributed by atoms with Gasteiger partial charge >= 0.3 is 5.97 Å². The predicted molar refractivity (Wildman–Crippen MR) is 75.0 cm³/mol. The topological polar surface area (TPSA) is 67.5 Å². The number of hydrogen-bond acceptors (Lipinski definition) is 3. The van der Waals surface area contributed by atoms with Crippen LogP contribution in [0.1, 0.15) is 10.4 Å². The molecular formula is C15H9N3O2. The molecular weight excluding hydrogens is 254 g/mol. The van der Waals surface area contributed by atoms with Crippen molar-refractivity contribution < 1.29 is 9.90 Å².